The first-order valence-electron chi connectivity index (χ1n) is 4.75. The summed E-state index contributed by atoms with van der Waals surface area (Å²) in [6.07, 6.45) is 8.65. The molecule has 0 heterocycles. The van der Waals surface area contributed by atoms with Crippen molar-refractivity contribution in [3.05, 3.63) is 0 Å². The van der Waals surface area contributed by atoms with Gasteiger partial charge in [-0.2, -0.15) is 0 Å². The van der Waals surface area contributed by atoms with Crippen molar-refractivity contribution in [1.82, 2.24) is 0 Å². The van der Waals surface area contributed by atoms with E-state index >= 15 is 0 Å². The van der Waals surface area contributed by atoms with Crippen LogP contribution in [0.15, 0.2) is 0 Å². The highest BCUT2D eigenvalue weighted by molar-refractivity contribution is 14.1. The molecule has 0 aliphatic rings. The topological polar surface area (TPSA) is 0 Å². The summed E-state index contributed by atoms with van der Waals surface area (Å²) in [5.74, 6) is -0.0101. The number of hydrogen-bond donors (Lipinski definition) is 0. The third-order valence-corrected chi connectivity index (χ3v) is 15.9. The van der Waals surface area contributed by atoms with Crippen molar-refractivity contribution in [3.8, 4) is 0 Å². The minimum absolute atomic E-state index is 0.0101. The van der Waals surface area contributed by atoms with Gasteiger partial charge in [0, 0.05) is 18.3 Å². The summed E-state index contributed by atoms with van der Waals surface area (Å²) in [7, 11) is 4.66. The van der Waals surface area contributed by atoms with Crippen molar-refractivity contribution in [2.24, 2.45) is 0 Å². The van der Waals surface area contributed by atoms with Crippen LogP contribution in [0.5, 0.6) is 0 Å². The fourth-order valence-electron chi connectivity index (χ4n) is 1.12. The predicted molar refractivity (Wildman–Crippen MR) is 69.5 cm³/mol. The second-order valence-corrected chi connectivity index (χ2v) is 16.4. The largest absolute Gasteiger partial charge is 0.126 e. The lowest BCUT2D eigenvalue weighted by Crippen LogP contribution is -2.13. The van der Waals surface area contributed by atoms with E-state index in [9.17, 15) is 0 Å². The Labute approximate surface area is 96.9 Å². The van der Waals surface area contributed by atoms with Crippen LogP contribution in [-0.2, 0) is 0 Å². The van der Waals surface area contributed by atoms with Gasteiger partial charge in [0.1, 0.15) is 5.81 Å². The molecule has 0 nitrogen and oxygen atoms in total. The predicted octanol–water partition coefficient (Wildman–Crippen LogP) is 3.06. The van der Waals surface area contributed by atoms with Gasteiger partial charge in [0.25, 0.3) is 0 Å². The van der Waals surface area contributed by atoms with E-state index < -0.39 is 0 Å². The van der Waals surface area contributed by atoms with Gasteiger partial charge in [-0.1, -0.05) is 51.5 Å². The summed E-state index contributed by atoms with van der Waals surface area (Å²) in [6.45, 7) is 2.28. The molecule has 0 atom stereocenters. The molecule has 0 fully saturated rings. The molecule has 12 heavy (non-hydrogen) atoms. The Kier molecular flexibility index (Phi) is 11.7. The number of hydrogen-bond acceptors (Lipinski definition) is 0. The molecule has 0 aromatic carbocycles. The van der Waals surface area contributed by atoms with Crippen molar-refractivity contribution in [1.29, 1.82) is 0 Å². The molecule has 0 saturated carbocycles. The Morgan fingerprint density at radius 2 is 1.75 bits per heavy atom. The Bertz CT molecular complexity index is 90.4. The highest BCUT2D eigenvalue weighted by atomic mass is 127. The van der Waals surface area contributed by atoms with E-state index in [2.05, 4.69) is 38.5 Å². The molecule has 4 heteroatoms. The SMILES string of the molecule is CCCCCCCC[Si](I)[Si][Si]. The lowest BCUT2D eigenvalue weighted by molar-refractivity contribution is 0.624. The molecule has 68 valence electrons. The fourth-order valence-corrected chi connectivity index (χ4v) is 4.98. The minimum Gasteiger partial charge on any atom is -0.126 e. The van der Waals surface area contributed by atoms with Crippen LogP contribution in [0, 0.1) is 0 Å². The van der Waals surface area contributed by atoms with Gasteiger partial charge in [0.15, 0.2) is 0 Å². The summed E-state index contributed by atoms with van der Waals surface area (Å²) >= 11 is 2.64. The van der Waals surface area contributed by atoms with E-state index in [0.29, 0.717) is 0 Å². The first-order chi connectivity index (χ1) is 5.81. The Morgan fingerprint density at radius 1 is 1.17 bits per heavy atom. The average Bonchev–Trinajstić information content (AvgIpc) is 2.10. The van der Waals surface area contributed by atoms with Gasteiger partial charge < -0.3 is 0 Å². The van der Waals surface area contributed by atoms with E-state index in [1.807, 2.05) is 0 Å². The molecule has 0 aliphatic heterocycles. The molecule has 0 amide bonds. The molecule has 0 spiro atoms. The minimum atomic E-state index is -0.0101. The zero-order valence-corrected chi connectivity index (χ0v) is 13.0. The summed E-state index contributed by atoms with van der Waals surface area (Å²) in [5, 5.41) is 0. The second kappa shape index (κ2) is 10.5. The van der Waals surface area contributed by atoms with Crippen molar-refractivity contribution in [3.63, 3.8) is 0 Å². The molecule has 0 N–H and O–H groups in total. The maximum absolute atomic E-state index is 3.62. The Morgan fingerprint density at radius 3 is 2.33 bits per heavy atom. The maximum Gasteiger partial charge on any atom is 0.110 e. The van der Waals surface area contributed by atoms with Crippen LogP contribution < -0.4 is 0 Å². The van der Waals surface area contributed by atoms with E-state index in [0.717, 1.165) is 8.55 Å². The lowest BCUT2D eigenvalue weighted by atomic mass is 10.1. The quantitative estimate of drug-likeness (QED) is 0.279. The molecule has 0 bridgehead atoms. The van der Waals surface area contributed by atoms with Crippen LogP contribution in [0.4, 0.5) is 0 Å². The second-order valence-electron chi connectivity index (χ2n) is 3.05. The zero-order chi connectivity index (χ0) is 9.23. The highest BCUT2D eigenvalue weighted by Crippen LogP contribution is 2.10. The smallest absolute Gasteiger partial charge is 0.110 e. The van der Waals surface area contributed by atoms with Crippen LogP contribution in [-0.4, -0.2) is 24.1 Å². The van der Waals surface area contributed by atoms with Crippen LogP contribution in [0.25, 0.3) is 0 Å². The first kappa shape index (κ1) is 13.4. The fraction of sp³-hybridized carbons (Fsp3) is 1.00. The standard InChI is InChI=1S/C8H17ISi3/c1-2-3-4-5-6-7-8-12(9)11-10/h2-8H2,1H3. The summed E-state index contributed by atoms with van der Waals surface area (Å²) in [4.78, 5) is 0. The molecule has 0 saturated heterocycles. The molecule has 6 radical (unpaired) electrons. The van der Waals surface area contributed by atoms with Gasteiger partial charge in [-0.15, -0.1) is 21.8 Å². The highest BCUT2D eigenvalue weighted by Gasteiger charge is 2.02. The van der Waals surface area contributed by atoms with Crippen molar-refractivity contribution < 1.29 is 0 Å². The molecule has 0 rings (SSSR count). The summed E-state index contributed by atoms with van der Waals surface area (Å²) in [5.41, 5.74) is 0. The Hall–Kier alpha value is 1.38. The van der Waals surface area contributed by atoms with Crippen molar-refractivity contribution in [2.45, 2.75) is 51.5 Å². The lowest BCUT2D eigenvalue weighted by Gasteiger charge is -2.03. The third kappa shape index (κ3) is 9.47. The molecule has 0 aromatic heterocycles. The van der Waals surface area contributed by atoms with Gasteiger partial charge in [0.05, 0.1) is 0 Å². The van der Waals surface area contributed by atoms with Gasteiger partial charge in [-0.25, -0.2) is 0 Å². The summed E-state index contributed by atoms with van der Waals surface area (Å²) in [6, 6.07) is 1.50. The first-order valence-corrected chi connectivity index (χ1v) is 13.1. The molecule has 0 unspecified atom stereocenters. The number of unbranched alkanes of at least 4 members (excludes halogenated alkanes) is 5. The zero-order valence-electron chi connectivity index (χ0n) is 7.83. The number of rotatable bonds is 8. The molecular formula is C8H17ISi3. The van der Waals surface area contributed by atoms with Gasteiger partial charge in [0.2, 0.25) is 0 Å². The maximum atomic E-state index is 3.62. The van der Waals surface area contributed by atoms with E-state index in [4.69, 9.17) is 0 Å². The van der Waals surface area contributed by atoms with E-state index in [1.54, 1.807) is 0 Å². The van der Waals surface area contributed by atoms with Gasteiger partial charge >= 0.3 is 0 Å². The normalized spacial score (nSPS) is 11.0. The molecule has 0 aromatic rings. The molecule has 0 aliphatic carbocycles. The van der Waals surface area contributed by atoms with Crippen LogP contribution in [0.2, 0.25) is 6.04 Å². The van der Waals surface area contributed by atoms with E-state index in [1.165, 1.54) is 44.6 Å². The van der Waals surface area contributed by atoms with Crippen LogP contribution >= 0.6 is 21.8 Å². The van der Waals surface area contributed by atoms with Crippen LogP contribution in [0.3, 0.4) is 0 Å². The van der Waals surface area contributed by atoms with Gasteiger partial charge in [-0.3, -0.25) is 0 Å². The third-order valence-electron chi connectivity index (χ3n) is 1.89. The average molecular weight is 324 g/mol. The monoisotopic (exact) mass is 324 g/mol. The van der Waals surface area contributed by atoms with E-state index in [-0.39, 0.29) is 5.81 Å². The van der Waals surface area contributed by atoms with Gasteiger partial charge in [-0.05, 0) is 0 Å². The van der Waals surface area contributed by atoms with Crippen molar-refractivity contribution in [2.75, 3.05) is 0 Å². The summed E-state index contributed by atoms with van der Waals surface area (Å²) < 4.78 is 0. The van der Waals surface area contributed by atoms with Crippen molar-refractivity contribution >= 4 is 45.9 Å². The van der Waals surface area contributed by atoms with Crippen LogP contribution in [0.1, 0.15) is 45.4 Å². The Balaban J connectivity index is 2.90. The molecular weight excluding hydrogens is 307 g/mol. The number of halogens is 1.